The Bertz CT molecular complexity index is 627. The minimum atomic E-state index is -1.07. The lowest BCUT2D eigenvalue weighted by Crippen LogP contribution is -2.48. The molecule has 1 aliphatic rings. The Balaban J connectivity index is 2.69. The molecule has 20 heavy (non-hydrogen) atoms. The summed E-state index contributed by atoms with van der Waals surface area (Å²) in [6.07, 6.45) is 0. The molecule has 0 aromatic heterocycles. The van der Waals surface area contributed by atoms with Gasteiger partial charge in [-0.25, -0.2) is 0 Å². The summed E-state index contributed by atoms with van der Waals surface area (Å²) in [5, 5.41) is 9.31. The van der Waals surface area contributed by atoms with E-state index in [0.717, 1.165) is 21.2 Å². The van der Waals surface area contributed by atoms with Crippen LogP contribution >= 0.6 is 15.9 Å². The molecule has 5 heteroatoms. The second-order valence-electron chi connectivity index (χ2n) is 5.11. The van der Waals surface area contributed by atoms with E-state index in [4.69, 9.17) is 9.47 Å². The number of benzene rings is 1. The first-order chi connectivity index (χ1) is 9.39. The molecule has 106 valence electrons. The average Bonchev–Trinajstić information content (AvgIpc) is 2.39. The number of hydrogen-bond acceptors (Lipinski definition) is 4. The molecule has 1 saturated heterocycles. The second kappa shape index (κ2) is 5.19. The number of nitriles is 1. The van der Waals surface area contributed by atoms with Crippen molar-refractivity contribution >= 4 is 21.7 Å². The Morgan fingerprint density at radius 3 is 2.30 bits per heavy atom. The van der Waals surface area contributed by atoms with Gasteiger partial charge in [-0.05, 0) is 37.5 Å². The fourth-order valence-corrected chi connectivity index (χ4v) is 2.90. The number of ketones is 1. The van der Waals surface area contributed by atoms with E-state index in [2.05, 4.69) is 22.0 Å². The maximum absolute atomic E-state index is 12.8. The van der Waals surface area contributed by atoms with Crippen LogP contribution in [0.1, 0.15) is 27.0 Å². The molecule has 1 aliphatic heterocycles. The van der Waals surface area contributed by atoms with Crippen molar-refractivity contribution in [2.24, 2.45) is 5.41 Å². The Hall–Kier alpha value is -1.38. The molecule has 0 saturated carbocycles. The minimum Gasteiger partial charge on any atom is -0.496 e. The van der Waals surface area contributed by atoms with Crippen LogP contribution in [0.4, 0.5) is 0 Å². The van der Waals surface area contributed by atoms with Crippen LogP contribution in [0.2, 0.25) is 0 Å². The van der Waals surface area contributed by atoms with Crippen LogP contribution in [0.5, 0.6) is 5.75 Å². The van der Waals surface area contributed by atoms with E-state index in [1.54, 1.807) is 7.11 Å². The lowest BCUT2D eigenvalue weighted by Gasteiger charge is -2.34. The molecular formula is C15H16BrNO3. The summed E-state index contributed by atoms with van der Waals surface area (Å²) in [7, 11) is 1.54. The standard InChI is InChI=1S/C15H16BrNO3/c1-8-9(2)13(19-4)11(10(3)12(8)16)14(18)15(5-17)6-20-7-15/h6-7H2,1-4H3. The van der Waals surface area contributed by atoms with E-state index >= 15 is 0 Å². The second-order valence-corrected chi connectivity index (χ2v) is 5.91. The molecule has 0 bridgehead atoms. The van der Waals surface area contributed by atoms with Gasteiger partial charge in [0.15, 0.2) is 11.2 Å². The molecule has 1 heterocycles. The third kappa shape index (κ3) is 1.95. The van der Waals surface area contributed by atoms with Gasteiger partial charge in [-0.1, -0.05) is 15.9 Å². The van der Waals surface area contributed by atoms with E-state index in [1.807, 2.05) is 20.8 Å². The van der Waals surface area contributed by atoms with E-state index in [9.17, 15) is 10.1 Å². The first-order valence-corrected chi connectivity index (χ1v) is 7.06. The molecular weight excluding hydrogens is 322 g/mol. The monoisotopic (exact) mass is 337 g/mol. The Kier molecular flexibility index (Phi) is 3.90. The minimum absolute atomic E-state index is 0.148. The van der Waals surface area contributed by atoms with Crippen LogP contribution in [0.3, 0.4) is 0 Å². The maximum atomic E-state index is 12.8. The van der Waals surface area contributed by atoms with Crippen molar-refractivity contribution in [2.75, 3.05) is 20.3 Å². The average molecular weight is 338 g/mol. The zero-order chi connectivity index (χ0) is 15.1. The van der Waals surface area contributed by atoms with Crippen molar-refractivity contribution in [3.05, 3.63) is 26.7 Å². The van der Waals surface area contributed by atoms with Crippen molar-refractivity contribution in [2.45, 2.75) is 20.8 Å². The van der Waals surface area contributed by atoms with Crippen molar-refractivity contribution in [1.29, 1.82) is 5.26 Å². The smallest absolute Gasteiger partial charge is 0.191 e. The SMILES string of the molecule is COc1c(C)c(C)c(Br)c(C)c1C(=O)C1(C#N)COC1. The third-order valence-electron chi connectivity index (χ3n) is 3.94. The van der Waals surface area contributed by atoms with Crippen LogP contribution in [-0.2, 0) is 4.74 Å². The number of methoxy groups -OCH3 is 1. The van der Waals surface area contributed by atoms with Crippen LogP contribution in [-0.4, -0.2) is 26.1 Å². The highest BCUT2D eigenvalue weighted by molar-refractivity contribution is 9.10. The number of rotatable bonds is 3. The summed E-state index contributed by atoms with van der Waals surface area (Å²) < 4.78 is 11.4. The van der Waals surface area contributed by atoms with Gasteiger partial charge in [0.05, 0.1) is 32.0 Å². The van der Waals surface area contributed by atoms with E-state index < -0.39 is 5.41 Å². The largest absolute Gasteiger partial charge is 0.496 e. The predicted molar refractivity (Wildman–Crippen MR) is 78.1 cm³/mol. The van der Waals surface area contributed by atoms with Crippen molar-refractivity contribution in [1.82, 2.24) is 0 Å². The molecule has 0 atom stereocenters. The lowest BCUT2D eigenvalue weighted by molar-refractivity contribution is -0.0567. The van der Waals surface area contributed by atoms with Crippen molar-refractivity contribution in [3.8, 4) is 11.8 Å². The third-order valence-corrected chi connectivity index (χ3v) is 5.13. The zero-order valence-corrected chi connectivity index (χ0v) is 13.6. The molecule has 0 unspecified atom stereocenters. The summed E-state index contributed by atoms with van der Waals surface area (Å²) in [4.78, 5) is 12.8. The molecule has 2 rings (SSSR count). The fourth-order valence-electron chi connectivity index (χ4n) is 2.40. The molecule has 1 aromatic rings. The van der Waals surface area contributed by atoms with Gasteiger partial charge in [0.2, 0.25) is 0 Å². The Morgan fingerprint density at radius 2 is 1.90 bits per heavy atom. The summed E-state index contributed by atoms with van der Waals surface area (Å²) in [6, 6.07) is 2.10. The quantitative estimate of drug-likeness (QED) is 0.795. The molecule has 4 nitrogen and oxygen atoms in total. The van der Waals surface area contributed by atoms with Gasteiger partial charge >= 0.3 is 0 Å². The van der Waals surface area contributed by atoms with Gasteiger partial charge in [-0.3, -0.25) is 4.79 Å². The Labute approximate surface area is 126 Å². The maximum Gasteiger partial charge on any atom is 0.191 e. The van der Waals surface area contributed by atoms with Gasteiger partial charge in [0.25, 0.3) is 0 Å². The number of halogens is 1. The van der Waals surface area contributed by atoms with Crippen molar-refractivity contribution < 1.29 is 14.3 Å². The first-order valence-electron chi connectivity index (χ1n) is 6.26. The topological polar surface area (TPSA) is 59.3 Å². The number of carbonyl (C=O) groups excluding carboxylic acids is 1. The van der Waals surface area contributed by atoms with E-state index in [0.29, 0.717) is 11.3 Å². The number of ether oxygens (including phenoxy) is 2. The summed E-state index contributed by atoms with van der Waals surface area (Å²) in [5.41, 5.74) is 2.15. The summed E-state index contributed by atoms with van der Waals surface area (Å²) in [5.74, 6) is 0.333. The summed E-state index contributed by atoms with van der Waals surface area (Å²) in [6.45, 7) is 6.03. The highest BCUT2D eigenvalue weighted by Gasteiger charge is 2.48. The molecule has 1 fully saturated rings. The van der Waals surface area contributed by atoms with E-state index in [-0.39, 0.29) is 19.0 Å². The lowest BCUT2D eigenvalue weighted by atomic mass is 9.78. The van der Waals surface area contributed by atoms with Gasteiger partial charge in [-0.2, -0.15) is 5.26 Å². The van der Waals surface area contributed by atoms with Crippen LogP contribution in [0, 0.1) is 37.5 Å². The van der Waals surface area contributed by atoms with Gasteiger partial charge in [0, 0.05) is 4.47 Å². The number of Topliss-reactive ketones (excluding diaryl/α,β-unsaturated/α-hetero) is 1. The fraction of sp³-hybridized carbons (Fsp3) is 0.467. The molecule has 0 aliphatic carbocycles. The van der Waals surface area contributed by atoms with Gasteiger partial charge < -0.3 is 9.47 Å². The van der Waals surface area contributed by atoms with Crippen LogP contribution in [0.25, 0.3) is 0 Å². The first kappa shape index (κ1) is 15.0. The highest BCUT2D eigenvalue weighted by atomic mass is 79.9. The molecule has 0 radical (unpaired) electrons. The van der Waals surface area contributed by atoms with Crippen LogP contribution < -0.4 is 4.74 Å². The molecule has 0 N–H and O–H groups in total. The number of hydrogen-bond donors (Lipinski definition) is 0. The summed E-state index contributed by atoms with van der Waals surface area (Å²) >= 11 is 3.52. The highest BCUT2D eigenvalue weighted by Crippen LogP contribution is 2.41. The van der Waals surface area contributed by atoms with Crippen molar-refractivity contribution in [3.63, 3.8) is 0 Å². The van der Waals surface area contributed by atoms with Gasteiger partial charge in [-0.15, -0.1) is 0 Å². The molecule has 0 amide bonds. The van der Waals surface area contributed by atoms with Gasteiger partial charge in [0.1, 0.15) is 5.75 Å². The molecule has 1 aromatic carbocycles. The zero-order valence-electron chi connectivity index (χ0n) is 12.0. The number of carbonyl (C=O) groups is 1. The normalized spacial score (nSPS) is 16.2. The Morgan fingerprint density at radius 1 is 1.30 bits per heavy atom. The number of nitrogens with zero attached hydrogens (tertiary/aromatic N) is 1. The molecule has 0 spiro atoms. The van der Waals surface area contributed by atoms with E-state index in [1.165, 1.54) is 0 Å². The van der Waals surface area contributed by atoms with Crippen LogP contribution in [0.15, 0.2) is 4.47 Å². The predicted octanol–water partition coefficient (Wildman–Crippen LogP) is 3.11.